The molecule has 6 heteroatoms. The van der Waals surface area contributed by atoms with Gasteiger partial charge >= 0.3 is 5.69 Å². The number of para-hydroxylation sites is 1. The lowest BCUT2D eigenvalue weighted by Crippen LogP contribution is -2.31. The Morgan fingerprint density at radius 3 is 2.75 bits per heavy atom. The highest BCUT2D eigenvalue weighted by molar-refractivity contribution is 7.98. The standard InChI is InChI=1S/C14H23N3O2S/c1-5-9-15-12-7-6-8-13(14(12)17(18)19)16(3)11(2)10-20-4/h6-8,11,15H,5,9-10H2,1-4H3. The largest absolute Gasteiger partial charge is 0.379 e. The maximum absolute atomic E-state index is 11.4. The van der Waals surface area contributed by atoms with Crippen molar-refractivity contribution in [1.82, 2.24) is 0 Å². The van der Waals surface area contributed by atoms with E-state index in [2.05, 4.69) is 12.2 Å². The molecule has 5 nitrogen and oxygen atoms in total. The average molecular weight is 297 g/mol. The molecule has 1 aromatic carbocycles. The second-order valence-corrected chi connectivity index (χ2v) is 5.68. The number of benzene rings is 1. The minimum atomic E-state index is -0.296. The fourth-order valence-corrected chi connectivity index (χ4v) is 2.71. The van der Waals surface area contributed by atoms with Gasteiger partial charge in [-0.1, -0.05) is 13.0 Å². The minimum Gasteiger partial charge on any atom is -0.379 e. The van der Waals surface area contributed by atoms with Gasteiger partial charge in [-0.25, -0.2) is 0 Å². The molecule has 0 fully saturated rings. The molecule has 0 aliphatic carbocycles. The first-order valence-corrected chi connectivity index (χ1v) is 8.15. The van der Waals surface area contributed by atoms with Crippen LogP contribution < -0.4 is 10.2 Å². The first-order valence-electron chi connectivity index (χ1n) is 6.75. The van der Waals surface area contributed by atoms with Gasteiger partial charge in [0.25, 0.3) is 0 Å². The van der Waals surface area contributed by atoms with Gasteiger partial charge in [0.2, 0.25) is 0 Å². The second kappa shape index (κ2) is 7.99. The predicted molar refractivity (Wildman–Crippen MR) is 88.1 cm³/mol. The molecule has 0 aromatic heterocycles. The van der Waals surface area contributed by atoms with Gasteiger partial charge in [0, 0.05) is 25.4 Å². The molecule has 1 unspecified atom stereocenters. The highest BCUT2D eigenvalue weighted by Gasteiger charge is 2.24. The molecule has 1 aromatic rings. The molecular weight excluding hydrogens is 274 g/mol. The molecule has 0 saturated carbocycles. The SMILES string of the molecule is CCCNc1cccc(N(C)C(C)CSC)c1[N+](=O)[O-]. The number of thioether (sulfide) groups is 1. The van der Waals surface area contributed by atoms with Crippen molar-refractivity contribution in [2.45, 2.75) is 26.3 Å². The van der Waals surface area contributed by atoms with Gasteiger partial charge < -0.3 is 10.2 Å². The van der Waals surface area contributed by atoms with Crippen molar-refractivity contribution in [2.24, 2.45) is 0 Å². The van der Waals surface area contributed by atoms with Gasteiger partial charge in [0.05, 0.1) is 4.92 Å². The van der Waals surface area contributed by atoms with E-state index in [1.54, 1.807) is 17.8 Å². The number of rotatable bonds is 8. The van der Waals surface area contributed by atoms with Crippen LogP contribution in [0.4, 0.5) is 17.1 Å². The summed E-state index contributed by atoms with van der Waals surface area (Å²) in [5.41, 5.74) is 1.42. The van der Waals surface area contributed by atoms with Crippen LogP contribution >= 0.6 is 11.8 Å². The molecule has 0 saturated heterocycles. The van der Waals surface area contributed by atoms with Crippen LogP contribution in [0.15, 0.2) is 18.2 Å². The number of nitro groups is 1. The van der Waals surface area contributed by atoms with Crippen LogP contribution in [0.2, 0.25) is 0 Å². The van der Waals surface area contributed by atoms with Crippen molar-refractivity contribution in [3.63, 3.8) is 0 Å². The molecule has 1 rings (SSSR count). The van der Waals surface area contributed by atoms with E-state index >= 15 is 0 Å². The summed E-state index contributed by atoms with van der Waals surface area (Å²) in [7, 11) is 1.91. The Hall–Kier alpha value is -1.43. The highest BCUT2D eigenvalue weighted by Crippen LogP contribution is 2.35. The molecule has 0 bridgehead atoms. The topological polar surface area (TPSA) is 58.4 Å². The molecule has 0 heterocycles. The molecular formula is C14H23N3O2S. The van der Waals surface area contributed by atoms with E-state index < -0.39 is 0 Å². The third-order valence-corrected chi connectivity index (χ3v) is 4.03. The lowest BCUT2D eigenvalue weighted by molar-refractivity contribution is -0.383. The summed E-state index contributed by atoms with van der Waals surface area (Å²) in [6.07, 6.45) is 2.97. The minimum absolute atomic E-state index is 0.163. The van der Waals surface area contributed by atoms with Crippen LogP contribution in [-0.2, 0) is 0 Å². The van der Waals surface area contributed by atoms with Crippen molar-refractivity contribution in [3.05, 3.63) is 28.3 Å². The van der Waals surface area contributed by atoms with Crippen molar-refractivity contribution in [3.8, 4) is 0 Å². The number of hydrogen-bond acceptors (Lipinski definition) is 5. The van der Waals surface area contributed by atoms with E-state index in [-0.39, 0.29) is 16.7 Å². The van der Waals surface area contributed by atoms with E-state index in [1.807, 2.05) is 37.3 Å². The normalized spacial score (nSPS) is 12.0. The zero-order valence-electron chi connectivity index (χ0n) is 12.5. The Morgan fingerprint density at radius 1 is 1.50 bits per heavy atom. The quantitative estimate of drug-likeness (QED) is 0.587. The Balaban J connectivity index is 3.14. The number of nitrogens with zero attached hydrogens (tertiary/aromatic N) is 2. The second-order valence-electron chi connectivity index (χ2n) is 4.77. The molecule has 20 heavy (non-hydrogen) atoms. The van der Waals surface area contributed by atoms with Crippen LogP contribution in [0, 0.1) is 10.1 Å². The first kappa shape index (κ1) is 16.6. The molecule has 0 aliphatic rings. The fraction of sp³-hybridized carbons (Fsp3) is 0.571. The van der Waals surface area contributed by atoms with Crippen LogP contribution in [0.5, 0.6) is 0 Å². The van der Waals surface area contributed by atoms with E-state index in [0.717, 1.165) is 18.7 Å². The van der Waals surface area contributed by atoms with E-state index in [4.69, 9.17) is 0 Å². The van der Waals surface area contributed by atoms with Crippen LogP contribution in [0.25, 0.3) is 0 Å². The Labute approximate surface area is 124 Å². The van der Waals surface area contributed by atoms with E-state index in [0.29, 0.717) is 11.4 Å². The van der Waals surface area contributed by atoms with Gasteiger partial charge in [-0.2, -0.15) is 11.8 Å². The number of nitrogens with one attached hydrogen (secondary N) is 1. The molecule has 0 amide bonds. The third-order valence-electron chi connectivity index (χ3n) is 3.21. The van der Waals surface area contributed by atoms with Gasteiger partial charge in [-0.15, -0.1) is 0 Å². The smallest absolute Gasteiger partial charge is 0.315 e. The van der Waals surface area contributed by atoms with E-state index in [9.17, 15) is 10.1 Å². The molecule has 1 atom stereocenters. The summed E-state index contributed by atoms with van der Waals surface area (Å²) in [6, 6.07) is 5.68. The summed E-state index contributed by atoms with van der Waals surface area (Å²) >= 11 is 1.74. The van der Waals surface area contributed by atoms with Gasteiger partial charge in [-0.3, -0.25) is 10.1 Å². The first-order chi connectivity index (χ1) is 9.52. The third kappa shape index (κ3) is 4.03. The summed E-state index contributed by atoms with van der Waals surface area (Å²) in [4.78, 5) is 13.1. The van der Waals surface area contributed by atoms with Gasteiger partial charge in [-0.05, 0) is 31.7 Å². The zero-order valence-corrected chi connectivity index (χ0v) is 13.4. The molecule has 112 valence electrons. The lowest BCUT2D eigenvalue weighted by atomic mass is 10.2. The van der Waals surface area contributed by atoms with Crippen LogP contribution in [0.3, 0.4) is 0 Å². The maximum atomic E-state index is 11.4. The van der Waals surface area contributed by atoms with E-state index in [1.165, 1.54) is 0 Å². The molecule has 1 N–H and O–H groups in total. The van der Waals surface area contributed by atoms with Crippen molar-refractivity contribution in [1.29, 1.82) is 0 Å². The van der Waals surface area contributed by atoms with Crippen molar-refractivity contribution in [2.75, 3.05) is 35.8 Å². The van der Waals surface area contributed by atoms with Crippen LogP contribution in [0.1, 0.15) is 20.3 Å². The van der Waals surface area contributed by atoms with Crippen LogP contribution in [-0.4, -0.2) is 36.6 Å². The van der Waals surface area contributed by atoms with Crippen molar-refractivity contribution >= 4 is 28.8 Å². The summed E-state index contributed by atoms with van der Waals surface area (Å²) in [5, 5.41) is 14.6. The lowest BCUT2D eigenvalue weighted by Gasteiger charge is -2.26. The summed E-state index contributed by atoms with van der Waals surface area (Å²) in [5.74, 6) is 0.931. The summed E-state index contributed by atoms with van der Waals surface area (Å²) in [6.45, 7) is 4.84. The predicted octanol–water partition coefficient (Wildman–Crippen LogP) is 3.60. The number of hydrogen-bond donors (Lipinski definition) is 1. The maximum Gasteiger partial charge on any atom is 0.315 e. The summed E-state index contributed by atoms with van der Waals surface area (Å²) < 4.78 is 0. The Bertz CT molecular complexity index is 454. The number of nitro benzene ring substituents is 1. The Morgan fingerprint density at radius 2 is 2.20 bits per heavy atom. The van der Waals surface area contributed by atoms with Crippen molar-refractivity contribution < 1.29 is 4.92 Å². The zero-order chi connectivity index (χ0) is 15.1. The highest BCUT2D eigenvalue weighted by atomic mass is 32.2. The molecule has 0 spiro atoms. The molecule has 0 radical (unpaired) electrons. The van der Waals surface area contributed by atoms with Gasteiger partial charge in [0.15, 0.2) is 0 Å². The average Bonchev–Trinajstić information content (AvgIpc) is 2.43. The Kier molecular flexibility index (Phi) is 6.64. The number of anilines is 2. The van der Waals surface area contributed by atoms with Gasteiger partial charge in [0.1, 0.15) is 11.4 Å². The monoisotopic (exact) mass is 297 g/mol. The fourth-order valence-electron chi connectivity index (χ4n) is 2.00. The molecule has 0 aliphatic heterocycles.